The average Bonchev–Trinajstić information content (AvgIpc) is 2.69. The number of hydrogen-bond acceptors (Lipinski definition) is 4. The minimum atomic E-state index is 0.647. The molecule has 5 nitrogen and oxygen atoms in total. The minimum Gasteiger partial charge on any atom is -0.373 e. The second kappa shape index (κ2) is 5.14. The molecule has 0 aliphatic heterocycles. The average molecular weight is 233 g/mol. The van der Waals surface area contributed by atoms with Crippen LogP contribution in [-0.4, -0.2) is 28.5 Å². The van der Waals surface area contributed by atoms with E-state index in [1.165, 1.54) is 0 Å². The molecule has 0 spiro atoms. The first-order valence-corrected chi connectivity index (χ1v) is 5.93. The van der Waals surface area contributed by atoms with Crippen molar-refractivity contribution >= 4 is 17.0 Å². The third kappa shape index (κ3) is 2.94. The molecule has 0 atom stereocenters. The maximum Gasteiger partial charge on any atom is 0.179 e. The predicted octanol–water partition coefficient (Wildman–Crippen LogP) is 1.75. The number of rotatable bonds is 5. The molecule has 0 saturated heterocycles. The smallest absolute Gasteiger partial charge is 0.179 e. The molecule has 0 aliphatic carbocycles. The fraction of sp³-hybridized carbons (Fsp3) is 0.500. The van der Waals surface area contributed by atoms with E-state index < -0.39 is 0 Å². The highest BCUT2D eigenvalue weighted by molar-refractivity contribution is 5.72. The van der Waals surface area contributed by atoms with Gasteiger partial charge in [0.05, 0.1) is 12.1 Å². The number of nitrogens with zero attached hydrogens (tertiary/aromatic N) is 2. The van der Waals surface area contributed by atoms with Crippen LogP contribution in [0.5, 0.6) is 0 Å². The van der Waals surface area contributed by atoms with E-state index in [-0.39, 0.29) is 0 Å². The topological polar surface area (TPSA) is 65.6 Å². The quantitative estimate of drug-likeness (QED) is 0.736. The molecule has 0 unspecified atom stereocenters. The van der Waals surface area contributed by atoms with Crippen molar-refractivity contribution < 1.29 is 0 Å². The van der Waals surface area contributed by atoms with Crippen molar-refractivity contribution in [2.45, 2.75) is 20.4 Å². The van der Waals surface area contributed by atoms with Crippen LogP contribution in [-0.2, 0) is 6.54 Å². The summed E-state index contributed by atoms with van der Waals surface area (Å²) in [5.41, 5.74) is 1.74. The first kappa shape index (κ1) is 11.9. The molecule has 2 heterocycles. The number of aromatic nitrogens is 3. The van der Waals surface area contributed by atoms with Crippen LogP contribution in [0.1, 0.15) is 19.7 Å². The van der Waals surface area contributed by atoms with Crippen LogP contribution in [0.2, 0.25) is 0 Å². The van der Waals surface area contributed by atoms with Crippen molar-refractivity contribution in [3.05, 3.63) is 18.0 Å². The molecule has 0 saturated carbocycles. The van der Waals surface area contributed by atoms with Gasteiger partial charge in [0.25, 0.3) is 0 Å². The summed E-state index contributed by atoms with van der Waals surface area (Å²) < 4.78 is 0. The molecule has 0 fully saturated rings. The zero-order chi connectivity index (χ0) is 12.3. The first-order chi connectivity index (χ1) is 8.19. The van der Waals surface area contributed by atoms with E-state index >= 15 is 0 Å². The summed E-state index contributed by atoms with van der Waals surface area (Å²) in [6, 6.07) is 3.93. The largest absolute Gasteiger partial charge is 0.373 e. The molecule has 5 heteroatoms. The number of H-pyrrole nitrogens is 1. The molecule has 2 rings (SSSR count). The van der Waals surface area contributed by atoms with Gasteiger partial charge in [-0.15, -0.1) is 0 Å². The van der Waals surface area contributed by atoms with Gasteiger partial charge in [0.2, 0.25) is 0 Å². The highest BCUT2D eigenvalue weighted by Crippen LogP contribution is 2.12. The maximum atomic E-state index is 4.45. The van der Waals surface area contributed by atoms with Gasteiger partial charge in [-0.2, -0.15) is 0 Å². The van der Waals surface area contributed by atoms with Crippen LogP contribution >= 0.6 is 0 Å². The summed E-state index contributed by atoms with van der Waals surface area (Å²) in [6.45, 7) is 6.12. The first-order valence-electron chi connectivity index (χ1n) is 5.93. The fourth-order valence-corrected chi connectivity index (χ4v) is 1.64. The summed E-state index contributed by atoms with van der Waals surface area (Å²) in [5.74, 6) is 2.42. The Morgan fingerprint density at radius 3 is 2.82 bits per heavy atom. The molecule has 2 aromatic heterocycles. The normalized spacial score (nSPS) is 11.3. The Labute approximate surface area is 101 Å². The van der Waals surface area contributed by atoms with Crippen LogP contribution in [0.15, 0.2) is 12.1 Å². The van der Waals surface area contributed by atoms with E-state index in [1.54, 1.807) is 0 Å². The van der Waals surface area contributed by atoms with E-state index in [2.05, 4.69) is 39.4 Å². The molecule has 2 aromatic rings. The van der Waals surface area contributed by atoms with Crippen LogP contribution in [0, 0.1) is 5.92 Å². The van der Waals surface area contributed by atoms with Gasteiger partial charge in [0, 0.05) is 7.05 Å². The number of anilines is 1. The number of imidazole rings is 1. The van der Waals surface area contributed by atoms with Gasteiger partial charge in [-0.25, -0.2) is 9.97 Å². The Hall–Kier alpha value is -1.62. The highest BCUT2D eigenvalue weighted by Gasteiger charge is 2.04. The SMILES string of the molecule is CNc1ccc2[nH]c(CNCC(C)C)nc2n1. The summed E-state index contributed by atoms with van der Waals surface area (Å²) in [5, 5.41) is 6.36. The van der Waals surface area contributed by atoms with E-state index in [1.807, 2.05) is 19.2 Å². The Bertz CT molecular complexity index is 489. The lowest BCUT2D eigenvalue weighted by Crippen LogP contribution is -2.19. The molecule has 3 N–H and O–H groups in total. The van der Waals surface area contributed by atoms with Crippen molar-refractivity contribution in [2.24, 2.45) is 5.92 Å². The van der Waals surface area contributed by atoms with E-state index in [4.69, 9.17) is 0 Å². The molecular formula is C12H19N5. The predicted molar refractivity (Wildman–Crippen MR) is 70.0 cm³/mol. The van der Waals surface area contributed by atoms with E-state index in [0.717, 1.165) is 35.9 Å². The summed E-state index contributed by atoms with van der Waals surface area (Å²) in [7, 11) is 1.85. The zero-order valence-corrected chi connectivity index (χ0v) is 10.5. The Kier molecular flexibility index (Phi) is 3.58. The maximum absolute atomic E-state index is 4.45. The third-order valence-corrected chi connectivity index (χ3v) is 2.50. The summed E-state index contributed by atoms with van der Waals surface area (Å²) >= 11 is 0. The van der Waals surface area contributed by atoms with Gasteiger partial charge in [0.15, 0.2) is 5.65 Å². The standard InChI is InChI=1S/C12H19N5/c1-8(2)6-14-7-11-15-9-4-5-10(13-3)16-12(9)17-11/h4-5,8,14H,6-7H2,1-3H3,(H2,13,15,16,17). The Balaban J connectivity index is 2.09. The second-order valence-electron chi connectivity index (χ2n) is 4.53. The molecule has 0 aliphatic rings. The van der Waals surface area contributed by atoms with Crippen molar-refractivity contribution in [2.75, 3.05) is 18.9 Å². The number of hydrogen-bond donors (Lipinski definition) is 3. The van der Waals surface area contributed by atoms with E-state index in [0.29, 0.717) is 5.92 Å². The minimum absolute atomic E-state index is 0.647. The number of nitrogens with one attached hydrogen (secondary N) is 3. The van der Waals surface area contributed by atoms with Crippen molar-refractivity contribution in [1.29, 1.82) is 0 Å². The Morgan fingerprint density at radius 2 is 2.12 bits per heavy atom. The van der Waals surface area contributed by atoms with Gasteiger partial charge in [-0.3, -0.25) is 0 Å². The fourth-order valence-electron chi connectivity index (χ4n) is 1.64. The monoisotopic (exact) mass is 233 g/mol. The lowest BCUT2D eigenvalue weighted by atomic mass is 10.2. The Morgan fingerprint density at radius 1 is 1.29 bits per heavy atom. The van der Waals surface area contributed by atoms with Crippen molar-refractivity contribution in [1.82, 2.24) is 20.3 Å². The van der Waals surface area contributed by atoms with Crippen molar-refractivity contribution in [3.8, 4) is 0 Å². The van der Waals surface area contributed by atoms with Crippen LogP contribution in [0.4, 0.5) is 5.82 Å². The lowest BCUT2D eigenvalue weighted by molar-refractivity contribution is 0.545. The third-order valence-electron chi connectivity index (χ3n) is 2.50. The van der Waals surface area contributed by atoms with Crippen LogP contribution < -0.4 is 10.6 Å². The molecule has 0 amide bonds. The second-order valence-corrected chi connectivity index (χ2v) is 4.53. The molecular weight excluding hydrogens is 214 g/mol. The molecule has 17 heavy (non-hydrogen) atoms. The van der Waals surface area contributed by atoms with Crippen LogP contribution in [0.3, 0.4) is 0 Å². The van der Waals surface area contributed by atoms with Gasteiger partial charge >= 0.3 is 0 Å². The number of fused-ring (bicyclic) bond motifs is 1. The molecule has 0 radical (unpaired) electrons. The van der Waals surface area contributed by atoms with Gasteiger partial charge in [0.1, 0.15) is 11.6 Å². The van der Waals surface area contributed by atoms with Gasteiger partial charge in [-0.05, 0) is 24.6 Å². The van der Waals surface area contributed by atoms with E-state index in [9.17, 15) is 0 Å². The zero-order valence-electron chi connectivity index (χ0n) is 10.5. The lowest BCUT2D eigenvalue weighted by Gasteiger charge is -2.04. The number of pyridine rings is 1. The number of aromatic amines is 1. The molecule has 0 aromatic carbocycles. The van der Waals surface area contributed by atoms with Crippen molar-refractivity contribution in [3.63, 3.8) is 0 Å². The summed E-state index contributed by atoms with van der Waals surface area (Å²) in [6.07, 6.45) is 0. The molecule has 0 bridgehead atoms. The molecule has 92 valence electrons. The summed E-state index contributed by atoms with van der Waals surface area (Å²) in [4.78, 5) is 12.1. The van der Waals surface area contributed by atoms with Crippen LogP contribution in [0.25, 0.3) is 11.2 Å². The van der Waals surface area contributed by atoms with Gasteiger partial charge < -0.3 is 15.6 Å². The van der Waals surface area contributed by atoms with Gasteiger partial charge in [-0.1, -0.05) is 13.8 Å². The highest BCUT2D eigenvalue weighted by atomic mass is 15.1.